The van der Waals surface area contributed by atoms with Gasteiger partial charge in [0.2, 0.25) is 5.91 Å². The van der Waals surface area contributed by atoms with E-state index >= 15 is 0 Å². The first-order chi connectivity index (χ1) is 13.5. The summed E-state index contributed by atoms with van der Waals surface area (Å²) in [4.78, 5) is 27.3. The smallest absolute Gasteiger partial charge is 0.272 e. The average Bonchev–Trinajstić information content (AvgIpc) is 3.18. The fourth-order valence-corrected chi connectivity index (χ4v) is 3.45. The molecule has 2 aromatic carbocycles. The number of carbonyl (C=O) groups is 2. The minimum absolute atomic E-state index is 0.0613. The Morgan fingerprint density at radius 1 is 1.18 bits per heavy atom. The second kappa shape index (κ2) is 9.07. The van der Waals surface area contributed by atoms with Crippen molar-refractivity contribution in [1.29, 1.82) is 0 Å². The number of aromatic amines is 1. The third-order valence-electron chi connectivity index (χ3n) is 4.06. The number of para-hydroxylation sites is 1. The van der Waals surface area contributed by atoms with Gasteiger partial charge in [0.05, 0.1) is 17.9 Å². The maximum atomic E-state index is 12.6. The molecule has 0 aliphatic heterocycles. The van der Waals surface area contributed by atoms with Crippen LogP contribution in [0.15, 0.2) is 64.0 Å². The fraction of sp³-hybridized carbons (Fsp3) is 0.150. The summed E-state index contributed by atoms with van der Waals surface area (Å²) in [5.74, 6) is -0.561. The van der Waals surface area contributed by atoms with E-state index < -0.39 is 0 Å². The second-order valence-electron chi connectivity index (χ2n) is 6.08. The average molecular weight is 459 g/mol. The van der Waals surface area contributed by atoms with Crippen molar-refractivity contribution in [3.8, 4) is 11.3 Å². The second-order valence-corrected chi connectivity index (χ2v) is 7.85. The summed E-state index contributed by atoms with van der Waals surface area (Å²) in [6.07, 6.45) is 1.95. The molecule has 3 aromatic rings. The Labute approximate surface area is 175 Å². The first-order valence-electron chi connectivity index (χ1n) is 8.47. The number of H-pyrrole nitrogens is 1. The summed E-state index contributed by atoms with van der Waals surface area (Å²) in [6, 6.07) is 16.9. The molecule has 0 saturated heterocycles. The zero-order valence-corrected chi connectivity index (χ0v) is 17.8. The standard InChI is InChI=1S/C20H19BrN4O2S/c1-25(12-19(26)22-15-5-3-4-6-18(15)28-2)20(27)17-11-16(23-24-17)13-7-9-14(21)10-8-13/h3-11H,12H2,1-2H3,(H,22,26)(H,23,24). The van der Waals surface area contributed by atoms with Crippen LogP contribution in [0.25, 0.3) is 11.3 Å². The van der Waals surface area contributed by atoms with E-state index in [0.717, 1.165) is 20.6 Å². The van der Waals surface area contributed by atoms with E-state index in [-0.39, 0.29) is 18.4 Å². The van der Waals surface area contributed by atoms with Gasteiger partial charge in [0.1, 0.15) is 5.69 Å². The topological polar surface area (TPSA) is 78.1 Å². The molecule has 0 saturated carbocycles. The summed E-state index contributed by atoms with van der Waals surface area (Å²) in [5, 5.41) is 9.80. The van der Waals surface area contributed by atoms with Crippen molar-refractivity contribution in [2.45, 2.75) is 4.90 Å². The van der Waals surface area contributed by atoms with E-state index in [1.54, 1.807) is 24.9 Å². The van der Waals surface area contributed by atoms with Gasteiger partial charge in [-0.15, -0.1) is 11.8 Å². The van der Waals surface area contributed by atoms with Crippen molar-refractivity contribution >= 4 is 45.2 Å². The molecule has 0 aliphatic carbocycles. The van der Waals surface area contributed by atoms with Crippen molar-refractivity contribution in [3.05, 3.63) is 64.8 Å². The van der Waals surface area contributed by atoms with E-state index in [4.69, 9.17) is 0 Å². The number of halogens is 1. The lowest BCUT2D eigenvalue weighted by atomic mass is 10.1. The lowest BCUT2D eigenvalue weighted by Gasteiger charge is -2.16. The molecule has 0 fully saturated rings. The molecule has 0 spiro atoms. The van der Waals surface area contributed by atoms with E-state index in [1.165, 1.54) is 4.90 Å². The quantitative estimate of drug-likeness (QED) is 0.540. The monoisotopic (exact) mass is 458 g/mol. The van der Waals surface area contributed by atoms with Crippen LogP contribution in [0.4, 0.5) is 5.69 Å². The Morgan fingerprint density at radius 2 is 1.89 bits per heavy atom. The zero-order chi connectivity index (χ0) is 20.1. The van der Waals surface area contributed by atoms with Gasteiger partial charge in [-0.2, -0.15) is 5.10 Å². The molecule has 0 bridgehead atoms. The Morgan fingerprint density at radius 3 is 2.61 bits per heavy atom. The van der Waals surface area contributed by atoms with Crippen molar-refractivity contribution in [1.82, 2.24) is 15.1 Å². The van der Waals surface area contributed by atoms with Gasteiger partial charge < -0.3 is 10.2 Å². The lowest BCUT2D eigenvalue weighted by molar-refractivity contribution is -0.116. The largest absolute Gasteiger partial charge is 0.331 e. The molecular formula is C20H19BrN4O2S. The van der Waals surface area contributed by atoms with Gasteiger partial charge in [0.25, 0.3) is 5.91 Å². The first kappa shape index (κ1) is 20.2. The van der Waals surface area contributed by atoms with E-state index in [2.05, 4.69) is 31.4 Å². The molecule has 3 rings (SSSR count). The van der Waals surface area contributed by atoms with E-state index in [9.17, 15) is 9.59 Å². The maximum absolute atomic E-state index is 12.6. The number of carbonyl (C=O) groups excluding carboxylic acids is 2. The Kier molecular flexibility index (Phi) is 6.53. The molecule has 2 amide bonds. The Bertz CT molecular complexity index is 988. The minimum Gasteiger partial charge on any atom is -0.331 e. The normalized spacial score (nSPS) is 10.5. The molecule has 8 heteroatoms. The van der Waals surface area contributed by atoms with Gasteiger partial charge in [-0.05, 0) is 36.6 Å². The highest BCUT2D eigenvalue weighted by molar-refractivity contribution is 9.10. The van der Waals surface area contributed by atoms with Gasteiger partial charge in [-0.3, -0.25) is 14.7 Å². The highest BCUT2D eigenvalue weighted by Gasteiger charge is 2.18. The number of thioether (sulfide) groups is 1. The number of hydrogen-bond acceptors (Lipinski definition) is 4. The summed E-state index contributed by atoms with van der Waals surface area (Å²) in [7, 11) is 1.59. The van der Waals surface area contributed by atoms with Crippen LogP contribution in [0.5, 0.6) is 0 Å². The number of benzene rings is 2. The van der Waals surface area contributed by atoms with Crippen LogP contribution in [0.3, 0.4) is 0 Å². The predicted molar refractivity (Wildman–Crippen MR) is 116 cm³/mol. The van der Waals surface area contributed by atoms with Gasteiger partial charge in [-0.1, -0.05) is 40.2 Å². The highest BCUT2D eigenvalue weighted by Crippen LogP contribution is 2.24. The van der Waals surface area contributed by atoms with Crippen LogP contribution >= 0.6 is 27.7 Å². The third kappa shape index (κ3) is 4.82. The van der Waals surface area contributed by atoms with Gasteiger partial charge in [0, 0.05) is 22.0 Å². The number of anilines is 1. The number of nitrogens with one attached hydrogen (secondary N) is 2. The number of nitrogens with zero attached hydrogens (tertiary/aromatic N) is 2. The molecule has 0 aliphatic rings. The molecule has 1 heterocycles. The van der Waals surface area contributed by atoms with Crippen LogP contribution in [0.1, 0.15) is 10.5 Å². The Balaban J connectivity index is 1.64. The van der Waals surface area contributed by atoms with Crippen LogP contribution < -0.4 is 5.32 Å². The predicted octanol–water partition coefficient (Wildman–Crippen LogP) is 4.27. The molecular weight excluding hydrogens is 440 g/mol. The number of amides is 2. The number of rotatable bonds is 6. The van der Waals surface area contributed by atoms with Crippen molar-refractivity contribution < 1.29 is 9.59 Å². The number of aromatic nitrogens is 2. The van der Waals surface area contributed by atoms with Crippen LogP contribution in [0.2, 0.25) is 0 Å². The Hall–Kier alpha value is -2.58. The molecule has 2 N–H and O–H groups in total. The molecule has 144 valence electrons. The minimum atomic E-state index is -0.302. The van der Waals surface area contributed by atoms with Crippen LogP contribution in [0, 0.1) is 0 Å². The van der Waals surface area contributed by atoms with E-state index in [0.29, 0.717) is 11.4 Å². The lowest BCUT2D eigenvalue weighted by Crippen LogP contribution is -2.35. The fourth-order valence-electron chi connectivity index (χ4n) is 2.63. The molecule has 6 nitrogen and oxygen atoms in total. The molecule has 0 radical (unpaired) electrons. The number of likely N-dealkylation sites (N-methyl/N-ethyl adjacent to an activating group) is 1. The van der Waals surface area contributed by atoms with Crippen molar-refractivity contribution in [2.24, 2.45) is 0 Å². The third-order valence-corrected chi connectivity index (χ3v) is 5.38. The molecule has 0 unspecified atom stereocenters. The SMILES string of the molecule is CSc1ccccc1NC(=O)CN(C)C(=O)c1cc(-c2ccc(Br)cc2)n[nH]1. The summed E-state index contributed by atoms with van der Waals surface area (Å²) in [6.45, 7) is -0.0613. The van der Waals surface area contributed by atoms with Gasteiger partial charge in [-0.25, -0.2) is 0 Å². The summed E-state index contributed by atoms with van der Waals surface area (Å²) >= 11 is 4.94. The summed E-state index contributed by atoms with van der Waals surface area (Å²) < 4.78 is 0.969. The number of hydrogen-bond donors (Lipinski definition) is 2. The van der Waals surface area contributed by atoms with Gasteiger partial charge in [0.15, 0.2) is 0 Å². The van der Waals surface area contributed by atoms with Crippen molar-refractivity contribution in [3.63, 3.8) is 0 Å². The molecule has 28 heavy (non-hydrogen) atoms. The molecule has 0 atom stereocenters. The zero-order valence-electron chi connectivity index (χ0n) is 15.4. The summed E-state index contributed by atoms with van der Waals surface area (Å²) in [5.41, 5.74) is 2.63. The van der Waals surface area contributed by atoms with Gasteiger partial charge >= 0.3 is 0 Å². The van der Waals surface area contributed by atoms with Crippen LogP contribution in [-0.2, 0) is 4.79 Å². The van der Waals surface area contributed by atoms with E-state index in [1.807, 2.05) is 54.8 Å². The van der Waals surface area contributed by atoms with Crippen LogP contribution in [-0.4, -0.2) is 46.8 Å². The molecule has 1 aromatic heterocycles. The first-order valence-corrected chi connectivity index (χ1v) is 10.5. The maximum Gasteiger partial charge on any atom is 0.272 e. The van der Waals surface area contributed by atoms with Crippen molar-refractivity contribution in [2.75, 3.05) is 25.2 Å². The highest BCUT2D eigenvalue weighted by atomic mass is 79.9.